The third-order valence-electron chi connectivity index (χ3n) is 6.01. The molecule has 15 heteroatoms. The Kier molecular flexibility index (Phi) is 11.5. The second-order valence-corrected chi connectivity index (χ2v) is 13.0. The van der Waals surface area contributed by atoms with Crippen molar-refractivity contribution in [3.63, 3.8) is 0 Å². The first-order valence-electron chi connectivity index (χ1n) is 13.6. The molecule has 0 bridgehead atoms. The molecular formula is C30H34BrN5O8S. The first kappa shape index (κ1) is 33.8. The molecule has 1 N–H and O–H groups in total. The highest BCUT2D eigenvalue weighted by Crippen LogP contribution is 2.40. The normalized spacial score (nSPS) is 11.6. The standard InChI is InChI=1S/C30H34BrN5O8S/c1-30(2,3)20-10-12-22(13-11-20)45(37,38)36-27-26(44-24-9-7-6-8-23(24)40-5)28(35-25(34-27)18-41-19-39-4)42-14-15-43-29-32-16-21(31)17-33-29/h6-13,16-17H,14-15,18-19H2,1-5H3,(H,34,35,36). The number of sulfonamides is 1. The zero-order valence-corrected chi connectivity index (χ0v) is 27.8. The van der Waals surface area contributed by atoms with Crippen molar-refractivity contribution in [2.24, 2.45) is 0 Å². The highest BCUT2D eigenvalue weighted by molar-refractivity contribution is 9.10. The topological polar surface area (TPSA) is 153 Å². The summed E-state index contributed by atoms with van der Waals surface area (Å²) < 4.78 is 64.1. The highest BCUT2D eigenvalue weighted by Gasteiger charge is 2.26. The molecule has 0 unspecified atom stereocenters. The van der Waals surface area contributed by atoms with Crippen LogP contribution in [0.25, 0.3) is 0 Å². The average Bonchev–Trinajstić information content (AvgIpc) is 3.01. The van der Waals surface area contributed by atoms with E-state index in [1.54, 1.807) is 48.8 Å². The Hall–Kier alpha value is -4.05. The molecule has 2 aromatic heterocycles. The van der Waals surface area contributed by atoms with E-state index in [2.05, 4.69) is 40.6 Å². The van der Waals surface area contributed by atoms with Gasteiger partial charge in [0.15, 0.2) is 23.1 Å². The Bertz CT molecular complexity index is 1670. The van der Waals surface area contributed by atoms with Gasteiger partial charge in [-0.3, -0.25) is 4.72 Å². The second kappa shape index (κ2) is 15.3. The van der Waals surface area contributed by atoms with Crippen LogP contribution in [0.15, 0.2) is 70.3 Å². The molecule has 0 fully saturated rings. The summed E-state index contributed by atoms with van der Waals surface area (Å²) >= 11 is 3.28. The van der Waals surface area contributed by atoms with Crippen LogP contribution >= 0.6 is 15.9 Å². The Balaban J connectivity index is 1.71. The number of aromatic nitrogens is 4. The summed E-state index contributed by atoms with van der Waals surface area (Å²) in [5.74, 6) is 0.397. The van der Waals surface area contributed by atoms with E-state index in [4.69, 9.17) is 28.4 Å². The summed E-state index contributed by atoms with van der Waals surface area (Å²) in [4.78, 5) is 17.0. The molecule has 13 nitrogen and oxygen atoms in total. The number of nitrogens with one attached hydrogen (secondary N) is 1. The van der Waals surface area contributed by atoms with Crippen molar-refractivity contribution in [3.8, 4) is 29.1 Å². The van der Waals surface area contributed by atoms with Gasteiger partial charge >= 0.3 is 6.01 Å². The van der Waals surface area contributed by atoms with Gasteiger partial charge < -0.3 is 28.4 Å². The van der Waals surface area contributed by atoms with Crippen LogP contribution < -0.4 is 23.7 Å². The zero-order valence-electron chi connectivity index (χ0n) is 25.4. The fourth-order valence-electron chi connectivity index (χ4n) is 3.79. The van der Waals surface area contributed by atoms with Gasteiger partial charge in [0, 0.05) is 19.5 Å². The minimum atomic E-state index is -4.15. The fourth-order valence-corrected chi connectivity index (χ4v) is 5.00. The lowest BCUT2D eigenvalue weighted by Crippen LogP contribution is -2.18. The maximum absolute atomic E-state index is 13.6. The van der Waals surface area contributed by atoms with Crippen molar-refractivity contribution in [1.29, 1.82) is 0 Å². The van der Waals surface area contributed by atoms with Crippen molar-refractivity contribution >= 4 is 31.8 Å². The summed E-state index contributed by atoms with van der Waals surface area (Å²) in [6.07, 6.45) is 3.10. The van der Waals surface area contributed by atoms with E-state index in [1.165, 1.54) is 26.4 Å². The molecule has 0 saturated heterocycles. The van der Waals surface area contributed by atoms with E-state index in [0.717, 1.165) is 5.56 Å². The quantitative estimate of drug-likeness (QED) is 0.123. The van der Waals surface area contributed by atoms with Gasteiger partial charge in [0.25, 0.3) is 15.9 Å². The number of hydrogen-bond donors (Lipinski definition) is 1. The van der Waals surface area contributed by atoms with E-state index in [-0.39, 0.29) is 72.0 Å². The first-order chi connectivity index (χ1) is 21.5. The number of nitrogens with zero attached hydrogens (tertiary/aromatic N) is 4. The molecule has 0 aliphatic carbocycles. The lowest BCUT2D eigenvalue weighted by atomic mass is 9.87. The smallest absolute Gasteiger partial charge is 0.316 e. The van der Waals surface area contributed by atoms with Gasteiger partial charge in [0.2, 0.25) is 5.75 Å². The van der Waals surface area contributed by atoms with Crippen molar-refractivity contribution in [2.45, 2.75) is 37.7 Å². The number of rotatable bonds is 15. The molecule has 0 aliphatic rings. The van der Waals surface area contributed by atoms with Crippen molar-refractivity contribution in [2.75, 3.05) is 38.9 Å². The van der Waals surface area contributed by atoms with Crippen LogP contribution in [-0.4, -0.2) is 62.6 Å². The van der Waals surface area contributed by atoms with Crippen molar-refractivity contribution < 1.29 is 36.8 Å². The van der Waals surface area contributed by atoms with Gasteiger partial charge in [-0.1, -0.05) is 45.0 Å². The van der Waals surface area contributed by atoms with Crippen molar-refractivity contribution in [3.05, 3.63) is 76.8 Å². The summed E-state index contributed by atoms with van der Waals surface area (Å²) in [5, 5.41) is 0. The lowest BCUT2D eigenvalue weighted by Gasteiger charge is -2.20. The Labute approximate surface area is 270 Å². The maximum Gasteiger partial charge on any atom is 0.316 e. The molecule has 4 rings (SSSR count). The molecule has 0 amide bonds. The number of para-hydroxylation sites is 2. The largest absolute Gasteiger partial charge is 0.493 e. The minimum Gasteiger partial charge on any atom is -0.493 e. The van der Waals surface area contributed by atoms with Crippen LogP contribution in [0.5, 0.6) is 29.1 Å². The number of hydrogen-bond acceptors (Lipinski definition) is 12. The van der Waals surface area contributed by atoms with E-state index >= 15 is 0 Å². The predicted octanol–water partition coefficient (Wildman–Crippen LogP) is 5.51. The van der Waals surface area contributed by atoms with Crippen LogP contribution in [0, 0.1) is 0 Å². The highest BCUT2D eigenvalue weighted by atomic mass is 79.9. The van der Waals surface area contributed by atoms with Crippen LogP contribution in [-0.2, 0) is 31.5 Å². The number of ether oxygens (including phenoxy) is 6. The third kappa shape index (κ3) is 9.47. The summed E-state index contributed by atoms with van der Waals surface area (Å²) in [5.41, 5.74) is 0.821. The van der Waals surface area contributed by atoms with E-state index in [0.29, 0.717) is 10.2 Å². The van der Waals surface area contributed by atoms with E-state index < -0.39 is 10.0 Å². The van der Waals surface area contributed by atoms with Crippen LogP contribution in [0.4, 0.5) is 5.82 Å². The monoisotopic (exact) mass is 703 g/mol. The summed E-state index contributed by atoms with van der Waals surface area (Å²) in [7, 11) is -1.19. The Morgan fingerprint density at radius 1 is 0.889 bits per heavy atom. The molecule has 0 saturated carbocycles. The van der Waals surface area contributed by atoms with Gasteiger partial charge in [0.05, 0.1) is 16.5 Å². The number of benzene rings is 2. The fraction of sp³-hybridized carbons (Fsp3) is 0.333. The minimum absolute atomic E-state index is 0.0277. The molecule has 240 valence electrons. The predicted molar refractivity (Wildman–Crippen MR) is 168 cm³/mol. The zero-order chi connectivity index (χ0) is 32.5. The average molecular weight is 705 g/mol. The Morgan fingerprint density at radius 2 is 1.56 bits per heavy atom. The SMILES string of the molecule is COCOCc1nc(NS(=O)(=O)c2ccc(C(C)(C)C)cc2)c(Oc2ccccc2OC)c(OCCOc2ncc(Br)cn2)n1. The van der Waals surface area contributed by atoms with Gasteiger partial charge in [0.1, 0.15) is 26.6 Å². The molecule has 45 heavy (non-hydrogen) atoms. The van der Waals surface area contributed by atoms with Gasteiger partial charge in [-0.25, -0.2) is 23.4 Å². The van der Waals surface area contributed by atoms with E-state index in [9.17, 15) is 8.42 Å². The summed E-state index contributed by atoms with van der Waals surface area (Å²) in [6.45, 7) is 5.99. The molecule has 2 heterocycles. The number of methoxy groups -OCH3 is 2. The Morgan fingerprint density at radius 3 is 2.20 bits per heavy atom. The third-order valence-corrected chi connectivity index (χ3v) is 7.77. The molecule has 0 spiro atoms. The van der Waals surface area contributed by atoms with Crippen LogP contribution in [0.1, 0.15) is 32.2 Å². The van der Waals surface area contributed by atoms with E-state index in [1.807, 2.05) is 20.8 Å². The van der Waals surface area contributed by atoms with Crippen LogP contribution in [0.2, 0.25) is 0 Å². The molecule has 2 aromatic carbocycles. The second-order valence-electron chi connectivity index (χ2n) is 10.4. The van der Waals surface area contributed by atoms with Crippen molar-refractivity contribution in [1.82, 2.24) is 19.9 Å². The van der Waals surface area contributed by atoms with Crippen LogP contribution in [0.3, 0.4) is 0 Å². The van der Waals surface area contributed by atoms with Gasteiger partial charge in [-0.15, -0.1) is 0 Å². The lowest BCUT2D eigenvalue weighted by molar-refractivity contribution is -0.0413. The molecular weight excluding hydrogens is 670 g/mol. The van der Waals surface area contributed by atoms with Gasteiger partial charge in [-0.2, -0.15) is 4.98 Å². The molecule has 0 aliphatic heterocycles. The number of anilines is 1. The summed E-state index contributed by atoms with van der Waals surface area (Å²) in [6, 6.07) is 13.6. The molecule has 0 atom stereocenters. The van der Waals surface area contributed by atoms with Gasteiger partial charge in [-0.05, 0) is 51.2 Å². The molecule has 4 aromatic rings. The first-order valence-corrected chi connectivity index (χ1v) is 15.9. The maximum atomic E-state index is 13.6. The number of halogens is 1. The molecule has 0 radical (unpaired) electrons.